The van der Waals surface area contributed by atoms with Crippen molar-refractivity contribution in [2.45, 2.75) is 18.8 Å². The molecule has 1 rings (SSSR count). The van der Waals surface area contributed by atoms with Gasteiger partial charge in [0.2, 0.25) is 0 Å². The van der Waals surface area contributed by atoms with E-state index in [4.69, 9.17) is 15.9 Å². The standard InChI is InChI=1S/C11H13NO4/c1-11(10(15)16,6-9(13)14)7-3-2-4-8(12)5-7/h2-5H,6,12H2,1H3,(H,13,14)(H,15,16). The van der Waals surface area contributed by atoms with Crippen molar-refractivity contribution in [3.63, 3.8) is 0 Å². The Kier molecular flexibility index (Phi) is 3.17. The van der Waals surface area contributed by atoms with Gasteiger partial charge in [-0.25, -0.2) is 0 Å². The first-order valence-corrected chi connectivity index (χ1v) is 4.67. The van der Waals surface area contributed by atoms with Crippen molar-refractivity contribution in [2.24, 2.45) is 0 Å². The van der Waals surface area contributed by atoms with E-state index in [1.54, 1.807) is 18.2 Å². The summed E-state index contributed by atoms with van der Waals surface area (Å²) in [5, 5.41) is 17.9. The number of carboxylic acids is 2. The van der Waals surface area contributed by atoms with Gasteiger partial charge in [-0.15, -0.1) is 0 Å². The zero-order valence-electron chi connectivity index (χ0n) is 8.80. The second-order valence-corrected chi connectivity index (χ2v) is 3.83. The smallest absolute Gasteiger partial charge is 0.314 e. The van der Waals surface area contributed by atoms with E-state index in [1.807, 2.05) is 0 Å². The Bertz CT molecular complexity index is 430. The van der Waals surface area contributed by atoms with Crippen LogP contribution in [-0.4, -0.2) is 22.2 Å². The molecule has 0 bridgehead atoms. The summed E-state index contributed by atoms with van der Waals surface area (Å²) in [6, 6.07) is 6.27. The molecule has 5 heteroatoms. The van der Waals surface area contributed by atoms with E-state index in [0.29, 0.717) is 11.3 Å². The van der Waals surface area contributed by atoms with Crippen LogP contribution >= 0.6 is 0 Å². The molecule has 86 valence electrons. The Morgan fingerprint density at radius 3 is 2.44 bits per heavy atom. The predicted octanol–water partition coefficient (Wildman–Crippen LogP) is 1.09. The highest BCUT2D eigenvalue weighted by Gasteiger charge is 2.37. The number of hydrogen-bond donors (Lipinski definition) is 3. The van der Waals surface area contributed by atoms with Gasteiger partial charge >= 0.3 is 11.9 Å². The van der Waals surface area contributed by atoms with E-state index < -0.39 is 23.8 Å². The number of nitrogen functional groups attached to an aromatic ring is 1. The van der Waals surface area contributed by atoms with E-state index in [2.05, 4.69) is 0 Å². The Morgan fingerprint density at radius 2 is 2.00 bits per heavy atom. The van der Waals surface area contributed by atoms with Gasteiger partial charge in [0.1, 0.15) is 5.41 Å². The second-order valence-electron chi connectivity index (χ2n) is 3.83. The number of benzene rings is 1. The van der Waals surface area contributed by atoms with Crippen LogP contribution < -0.4 is 5.73 Å². The number of nitrogens with two attached hydrogens (primary N) is 1. The first kappa shape index (κ1) is 12.0. The molecule has 0 saturated heterocycles. The molecule has 1 unspecified atom stereocenters. The lowest BCUT2D eigenvalue weighted by Gasteiger charge is -2.23. The van der Waals surface area contributed by atoms with Gasteiger partial charge in [0.15, 0.2) is 0 Å². The van der Waals surface area contributed by atoms with Crippen molar-refractivity contribution < 1.29 is 19.8 Å². The third-order valence-corrected chi connectivity index (χ3v) is 2.50. The van der Waals surface area contributed by atoms with E-state index in [0.717, 1.165) is 0 Å². The molecule has 1 aromatic rings. The van der Waals surface area contributed by atoms with Crippen molar-refractivity contribution in [3.8, 4) is 0 Å². The van der Waals surface area contributed by atoms with Crippen LogP contribution in [0.25, 0.3) is 0 Å². The molecule has 1 aromatic carbocycles. The summed E-state index contributed by atoms with van der Waals surface area (Å²) in [5.74, 6) is -2.34. The molecule has 0 fully saturated rings. The first-order chi connectivity index (χ1) is 7.36. The van der Waals surface area contributed by atoms with Crippen LogP contribution in [0, 0.1) is 0 Å². The second kappa shape index (κ2) is 4.22. The quantitative estimate of drug-likeness (QED) is 0.663. The van der Waals surface area contributed by atoms with Crippen LogP contribution in [-0.2, 0) is 15.0 Å². The van der Waals surface area contributed by atoms with Crippen molar-refractivity contribution in [1.82, 2.24) is 0 Å². The molecule has 0 spiro atoms. The molecule has 1 atom stereocenters. The van der Waals surface area contributed by atoms with Crippen molar-refractivity contribution in [2.75, 3.05) is 5.73 Å². The molecule has 0 aromatic heterocycles. The number of carbonyl (C=O) groups is 2. The third-order valence-electron chi connectivity index (χ3n) is 2.50. The third kappa shape index (κ3) is 2.31. The van der Waals surface area contributed by atoms with Gasteiger partial charge in [-0.1, -0.05) is 12.1 Å². The van der Waals surface area contributed by atoms with Crippen molar-refractivity contribution in [1.29, 1.82) is 0 Å². The Morgan fingerprint density at radius 1 is 1.38 bits per heavy atom. The Labute approximate surface area is 92.5 Å². The number of carboxylic acid groups (broad SMARTS) is 2. The van der Waals surface area contributed by atoms with Crippen LogP contribution in [0.15, 0.2) is 24.3 Å². The highest BCUT2D eigenvalue weighted by Crippen LogP contribution is 2.29. The van der Waals surface area contributed by atoms with Gasteiger partial charge in [-0.2, -0.15) is 0 Å². The van der Waals surface area contributed by atoms with Crippen LogP contribution in [0.4, 0.5) is 5.69 Å². The molecule has 0 radical (unpaired) electrons. The van der Waals surface area contributed by atoms with Gasteiger partial charge in [0.05, 0.1) is 6.42 Å². The maximum absolute atomic E-state index is 11.2. The molecule has 0 aliphatic heterocycles. The zero-order valence-corrected chi connectivity index (χ0v) is 8.80. The molecule has 0 aliphatic carbocycles. The Balaban J connectivity index is 3.21. The maximum atomic E-state index is 11.2. The highest BCUT2D eigenvalue weighted by molar-refractivity contribution is 5.86. The molecule has 0 heterocycles. The molecule has 16 heavy (non-hydrogen) atoms. The first-order valence-electron chi connectivity index (χ1n) is 4.67. The van der Waals surface area contributed by atoms with E-state index in [-0.39, 0.29) is 0 Å². The summed E-state index contributed by atoms with van der Waals surface area (Å²) < 4.78 is 0. The van der Waals surface area contributed by atoms with Crippen LogP contribution in [0.2, 0.25) is 0 Å². The van der Waals surface area contributed by atoms with E-state index in [9.17, 15) is 9.59 Å². The molecule has 4 N–H and O–H groups in total. The summed E-state index contributed by atoms with van der Waals surface area (Å²) >= 11 is 0. The number of aliphatic carboxylic acids is 2. The van der Waals surface area contributed by atoms with Crippen LogP contribution in [0.1, 0.15) is 18.9 Å². The fourth-order valence-electron chi connectivity index (χ4n) is 1.49. The maximum Gasteiger partial charge on any atom is 0.314 e. The summed E-state index contributed by atoms with van der Waals surface area (Å²) in [6.45, 7) is 1.37. The van der Waals surface area contributed by atoms with Crippen LogP contribution in [0.5, 0.6) is 0 Å². The number of hydrogen-bond acceptors (Lipinski definition) is 3. The monoisotopic (exact) mass is 223 g/mol. The van der Waals surface area contributed by atoms with Crippen molar-refractivity contribution in [3.05, 3.63) is 29.8 Å². The summed E-state index contributed by atoms with van der Waals surface area (Å²) in [4.78, 5) is 21.8. The van der Waals surface area contributed by atoms with E-state index in [1.165, 1.54) is 13.0 Å². The van der Waals surface area contributed by atoms with E-state index >= 15 is 0 Å². The molecular weight excluding hydrogens is 210 g/mol. The predicted molar refractivity (Wildman–Crippen MR) is 58.1 cm³/mol. The largest absolute Gasteiger partial charge is 0.481 e. The number of anilines is 1. The summed E-state index contributed by atoms with van der Waals surface area (Å²) in [6.07, 6.45) is -0.480. The topological polar surface area (TPSA) is 101 Å². The summed E-state index contributed by atoms with van der Waals surface area (Å²) in [5.41, 5.74) is 4.89. The normalized spacial score (nSPS) is 14.1. The highest BCUT2D eigenvalue weighted by atomic mass is 16.4. The van der Waals surface area contributed by atoms with Gasteiger partial charge < -0.3 is 15.9 Å². The van der Waals surface area contributed by atoms with Gasteiger partial charge in [-0.05, 0) is 24.6 Å². The van der Waals surface area contributed by atoms with Gasteiger partial charge in [0.25, 0.3) is 0 Å². The average Bonchev–Trinajstić information content (AvgIpc) is 2.16. The molecule has 5 nitrogen and oxygen atoms in total. The number of rotatable bonds is 4. The summed E-state index contributed by atoms with van der Waals surface area (Å²) in [7, 11) is 0. The van der Waals surface area contributed by atoms with Gasteiger partial charge in [0, 0.05) is 5.69 Å². The van der Waals surface area contributed by atoms with Crippen molar-refractivity contribution >= 4 is 17.6 Å². The molecular formula is C11H13NO4. The minimum atomic E-state index is -1.46. The SMILES string of the molecule is CC(CC(=O)O)(C(=O)O)c1cccc(N)c1. The minimum Gasteiger partial charge on any atom is -0.481 e. The minimum absolute atomic E-state index is 0.391. The lowest BCUT2D eigenvalue weighted by Crippen LogP contribution is -2.35. The lowest BCUT2D eigenvalue weighted by atomic mass is 9.79. The fourth-order valence-corrected chi connectivity index (χ4v) is 1.49. The van der Waals surface area contributed by atoms with Gasteiger partial charge in [-0.3, -0.25) is 9.59 Å². The van der Waals surface area contributed by atoms with Crippen LogP contribution in [0.3, 0.4) is 0 Å². The molecule has 0 aliphatic rings. The zero-order chi connectivity index (χ0) is 12.3. The molecule has 0 amide bonds. The molecule has 0 saturated carbocycles. The fraction of sp³-hybridized carbons (Fsp3) is 0.273. The average molecular weight is 223 g/mol. The lowest BCUT2D eigenvalue weighted by molar-refractivity contribution is -0.149. The Hall–Kier alpha value is -2.04.